The first-order valence-corrected chi connectivity index (χ1v) is 10.1. The molecule has 4 aromatic rings. The van der Waals surface area contributed by atoms with Crippen molar-refractivity contribution < 1.29 is 9.53 Å². The van der Waals surface area contributed by atoms with E-state index in [1.54, 1.807) is 42.6 Å². The number of amides is 1. The van der Waals surface area contributed by atoms with Crippen molar-refractivity contribution in [3.05, 3.63) is 98.9 Å². The molecule has 3 aromatic carbocycles. The number of nitrogens with one attached hydrogen (secondary N) is 1. The summed E-state index contributed by atoms with van der Waals surface area (Å²) in [4.78, 5) is 26.4. The number of rotatable bonds is 4. The molecule has 0 fully saturated rings. The summed E-state index contributed by atoms with van der Waals surface area (Å²) in [6, 6.07) is 17.9. The number of hydrogen-bond acceptors (Lipinski definition) is 3. The van der Waals surface area contributed by atoms with Gasteiger partial charge in [0.15, 0.2) is 0 Å². The van der Waals surface area contributed by atoms with Crippen molar-refractivity contribution in [3.63, 3.8) is 0 Å². The van der Waals surface area contributed by atoms with E-state index in [1.807, 2.05) is 38.1 Å². The zero-order valence-corrected chi connectivity index (χ0v) is 18.2. The molecule has 4 rings (SSSR count). The van der Waals surface area contributed by atoms with Gasteiger partial charge in [0.05, 0.1) is 17.7 Å². The number of carbonyl (C=O) groups is 1. The van der Waals surface area contributed by atoms with Crippen LogP contribution in [0.3, 0.4) is 0 Å². The summed E-state index contributed by atoms with van der Waals surface area (Å²) in [6.07, 6.45) is 1.59. The maximum atomic E-state index is 13.2. The molecule has 0 aliphatic heterocycles. The van der Waals surface area contributed by atoms with E-state index in [1.165, 1.54) is 11.7 Å². The molecule has 1 heterocycles. The lowest BCUT2D eigenvalue weighted by atomic mass is 10.1. The van der Waals surface area contributed by atoms with Gasteiger partial charge in [-0.2, -0.15) is 0 Å². The van der Waals surface area contributed by atoms with Crippen LogP contribution < -0.4 is 15.6 Å². The highest BCUT2D eigenvalue weighted by Gasteiger charge is 2.16. The molecule has 156 valence electrons. The van der Waals surface area contributed by atoms with Crippen LogP contribution in [-0.2, 0) is 0 Å². The maximum absolute atomic E-state index is 13.2. The summed E-state index contributed by atoms with van der Waals surface area (Å²) in [5.74, 6) is 0.184. The van der Waals surface area contributed by atoms with Gasteiger partial charge in [-0.05, 0) is 61.4 Å². The van der Waals surface area contributed by atoms with Crippen LogP contribution in [0.4, 0.5) is 5.69 Å². The Morgan fingerprint density at radius 2 is 1.71 bits per heavy atom. The summed E-state index contributed by atoms with van der Waals surface area (Å²) in [7, 11) is 1.53. The first kappa shape index (κ1) is 20.7. The van der Waals surface area contributed by atoms with E-state index >= 15 is 0 Å². The van der Waals surface area contributed by atoms with E-state index in [4.69, 9.17) is 16.3 Å². The quantitative estimate of drug-likeness (QED) is 0.461. The minimum absolute atomic E-state index is 0.178. The number of aryl methyl sites for hydroxylation is 2. The largest absolute Gasteiger partial charge is 0.495 e. The fourth-order valence-corrected chi connectivity index (χ4v) is 3.74. The van der Waals surface area contributed by atoms with E-state index in [9.17, 15) is 9.59 Å². The third-order valence-corrected chi connectivity index (χ3v) is 5.64. The maximum Gasteiger partial charge on any atom is 0.262 e. The van der Waals surface area contributed by atoms with Crippen LogP contribution in [0.5, 0.6) is 5.75 Å². The second-order valence-corrected chi connectivity index (χ2v) is 7.74. The molecule has 0 spiro atoms. The Labute approximate surface area is 184 Å². The molecule has 31 heavy (non-hydrogen) atoms. The number of hydrogen-bond donors (Lipinski definition) is 1. The number of halogens is 1. The number of benzene rings is 3. The van der Waals surface area contributed by atoms with Crippen LogP contribution in [0.15, 0.2) is 71.7 Å². The van der Waals surface area contributed by atoms with Crippen molar-refractivity contribution in [2.75, 3.05) is 12.4 Å². The highest BCUT2D eigenvalue weighted by Crippen LogP contribution is 2.28. The van der Waals surface area contributed by atoms with Gasteiger partial charge in [-0.15, -0.1) is 0 Å². The van der Waals surface area contributed by atoms with Gasteiger partial charge in [0.2, 0.25) is 0 Å². The van der Waals surface area contributed by atoms with Crippen LogP contribution in [0.2, 0.25) is 5.02 Å². The molecule has 0 radical (unpaired) electrons. The number of methoxy groups -OCH3 is 1. The number of ether oxygens (including phenoxy) is 1. The van der Waals surface area contributed by atoms with Crippen LogP contribution in [0, 0.1) is 13.8 Å². The molecule has 6 heteroatoms. The van der Waals surface area contributed by atoms with E-state index in [2.05, 4.69) is 5.32 Å². The Bertz CT molecular complexity index is 1380. The number of aromatic nitrogens is 1. The fraction of sp³-hybridized carbons (Fsp3) is 0.120. The van der Waals surface area contributed by atoms with Crippen molar-refractivity contribution >= 4 is 34.0 Å². The molecule has 1 aromatic heterocycles. The number of pyridine rings is 1. The molecular weight excluding hydrogens is 412 g/mol. The van der Waals surface area contributed by atoms with E-state index in [0.29, 0.717) is 38.5 Å². The topological polar surface area (TPSA) is 60.3 Å². The average Bonchev–Trinajstić information content (AvgIpc) is 2.76. The second kappa shape index (κ2) is 8.28. The average molecular weight is 433 g/mol. The molecule has 1 N–H and O–H groups in total. The fourth-order valence-electron chi connectivity index (χ4n) is 3.48. The van der Waals surface area contributed by atoms with Gasteiger partial charge in [-0.3, -0.25) is 14.2 Å². The Balaban J connectivity index is 1.84. The Morgan fingerprint density at radius 3 is 2.39 bits per heavy atom. The smallest absolute Gasteiger partial charge is 0.262 e. The van der Waals surface area contributed by atoms with Gasteiger partial charge < -0.3 is 10.1 Å². The highest BCUT2D eigenvalue weighted by molar-refractivity contribution is 6.32. The van der Waals surface area contributed by atoms with E-state index in [-0.39, 0.29) is 11.5 Å². The lowest BCUT2D eigenvalue weighted by Crippen LogP contribution is -2.22. The highest BCUT2D eigenvalue weighted by atomic mass is 35.5. The van der Waals surface area contributed by atoms with Crippen LogP contribution in [0.1, 0.15) is 21.5 Å². The normalized spacial score (nSPS) is 10.8. The van der Waals surface area contributed by atoms with E-state index < -0.39 is 0 Å². The van der Waals surface area contributed by atoms with Crippen LogP contribution in [-0.4, -0.2) is 17.6 Å². The Morgan fingerprint density at radius 1 is 0.968 bits per heavy atom. The summed E-state index contributed by atoms with van der Waals surface area (Å²) in [6.45, 7) is 4.01. The van der Waals surface area contributed by atoms with Crippen molar-refractivity contribution in [1.82, 2.24) is 4.57 Å². The number of fused-ring (bicyclic) bond motifs is 1. The molecule has 0 saturated heterocycles. The number of carbonyl (C=O) groups excluding carboxylic acids is 1. The van der Waals surface area contributed by atoms with Gasteiger partial charge in [0.25, 0.3) is 11.5 Å². The standard InChI is InChI=1S/C25H21ClN2O3/c1-15-8-10-18(12-16(15)2)28-14-21(19-6-4-5-7-20(19)25(28)30)24(29)27-17-9-11-23(31-3)22(26)13-17/h4-14H,1-3H3,(H,27,29). The van der Waals surface area contributed by atoms with Gasteiger partial charge in [0.1, 0.15) is 5.75 Å². The molecule has 0 aliphatic rings. The zero-order chi connectivity index (χ0) is 22.1. The van der Waals surface area contributed by atoms with Crippen molar-refractivity contribution in [1.29, 1.82) is 0 Å². The van der Waals surface area contributed by atoms with Crippen molar-refractivity contribution in [2.45, 2.75) is 13.8 Å². The third kappa shape index (κ3) is 3.92. The molecule has 0 bridgehead atoms. The minimum atomic E-state index is -0.338. The van der Waals surface area contributed by atoms with Gasteiger partial charge in [0, 0.05) is 28.3 Å². The zero-order valence-electron chi connectivity index (χ0n) is 17.4. The Hall–Kier alpha value is -3.57. The molecule has 0 saturated carbocycles. The van der Waals surface area contributed by atoms with Crippen LogP contribution >= 0.6 is 11.6 Å². The predicted molar refractivity (Wildman–Crippen MR) is 125 cm³/mol. The lowest BCUT2D eigenvalue weighted by molar-refractivity contribution is 0.102. The molecule has 0 aliphatic carbocycles. The summed E-state index contributed by atoms with van der Waals surface area (Å²) < 4.78 is 6.68. The van der Waals surface area contributed by atoms with Gasteiger partial charge >= 0.3 is 0 Å². The summed E-state index contributed by atoms with van der Waals surface area (Å²) in [5.41, 5.74) is 3.65. The predicted octanol–water partition coefficient (Wildman–Crippen LogP) is 5.52. The van der Waals surface area contributed by atoms with Crippen molar-refractivity contribution in [3.8, 4) is 11.4 Å². The summed E-state index contributed by atoms with van der Waals surface area (Å²) in [5, 5.41) is 4.32. The second-order valence-electron chi connectivity index (χ2n) is 7.34. The molecule has 1 amide bonds. The first-order chi connectivity index (χ1) is 14.9. The molecule has 0 unspecified atom stereocenters. The van der Waals surface area contributed by atoms with Gasteiger partial charge in [-0.1, -0.05) is 35.9 Å². The summed E-state index contributed by atoms with van der Waals surface area (Å²) >= 11 is 6.19. The van der Waals surface area contributed by atoms with E-state index in [0.717, 1.165) is 11.1 Å². The monoisotopic (exact) mass is 432 g/mol. The first-order valence-electron chi connectivity index (χ1n) is 9.76. The van der Waals surface area contributed by atoms with Gasteiger partial charge in [-0.25, -0.2) is 0 Å². The third-order valence-electron chi connectivity index (χ3n) is 5.35. The molecular formula is C25H21ClN2O3. The number of nitrogens with zero attached hydrogens (tertiary/aromatic N) is 1. The molecule has 5 nitrogen and oxygen atoms in total. The Kier molecular flexibility index (Phi) is 5.53. The number of anilines is 1. The van der Waals surface area contributed by atoms with Crippen LogP contribution in [0.25, 0.3) is 16.5 Å². The van der Waals surface area contributed by atoms with Crippen molar-refractivity contribution in [2.24, 2.45) is 0 Å². The minimum Gasteiger partial charge on any atom is -0.495 e. The lowest BCUT2D eigenvalue weighted by Gasteiger charge is -2.14. The SMILES string of the molecule is COc1ccc(NC(=O)c2cn(-c3ccc(C)c(C)c3)c(=O)c3ccccc23)cc1Cl. The molecule has 0 atom stereocenters.